The number of nitrogens with zero attached hydrogens (tertiary/aromatic N) is 1. The Hall–Kier alpha value is -1.39. The van der Waals surface area contributed by atoms with Gasteiger partial charge in [0.05, 0.1) is 16.5 Å². The number of thiophene rings is 1. The van der Waals surface area contributed by atoms with Crippen LogP contribution in [0.15, 0.2) is 4.21 Å². The first-order valence-electron chi connectivity index (χ1n) is 3.38. The summed E-state index contributed by atoms with van der Waals surface area (Å²) >= 11 is 0.780. The van der Waals surface area contributed by atoms with Crippen molar-refractivity contribution in [1.82, 2.24) is 0 Å². The highest BCUT2D eigenvalue weighted by molar-refractivity contribution is 7.86. The van der Waals surface area contributed by atoms with Crippen molar-refractivity contribution in [2.24, 2.45) is 0 Å². The van der Waals surface area contributed by atoms with Gasteiger partial charge in [0.25, 0.3) is 0 Å². The van der Waals surface area contributed by atoms with E-state index in [1.165, 1.54) is 6.26 Å². The van der Waals surface area contributed by atoms with Gasteiger partial charge in [-0.3, -0.25) is 4.21 Å². The van der Waals surface area contributed by atoms with Gasteiger partial charge in [0, 0.05) is 6.26 Å². The summed E-state index contributed by atoms with van der Waals surface area (Å²) in [5, 5.41) is 17.4. The standard InChI is InChI=1S/C7H6N2O3S2/c1-14(12)7-3(2-8)4(9)5(13-7)6(10)11/h9H2,1H3,(H,10,11). The predicted octanol–water partition coefficient (Wildman–Crippen LogP) is 0.638. The van der Waals surface area contributed by atoms with Crippen LogP contribution in [-0.2, 0) is 10.8 Å². The van der Waals surface area contributed by atoms with Gasteiger partial charge in [-0.15, -0.1) is 11.3 Å². The van der Waals surface area contributed by atoms with E-state index < -0.39 is 16.8 Å². The molecule has 0 amide bonds. The molecular formula is C7H6N2O3S2. The summed E-state index contributed by atoms with van der Waals surface area (Å²) in [4.78, 5) is 10.5. The molecule has 0 aromatic carbocycles. The smallest absolute Gasteiger partial charge is 0.348 e. The Balaban J connectivity index is 3.49. The molecule has 74 valence electrons. The average Bonchev–Trinajstić information content (AvgIpc) is 2.42. The average molecular weight is 230 g/mol. The van der Waals surface area contributed by atoms with Crippen LogP contribution in [0.5, 0.6) is 0 Å². The monoisotopic (exact) mass is 230 g/mol. The van der Waals surface area contributed by atoms with Crippen LogP contribution in [0.25, 0.3) is 0 Å². The number of hydrogen-bond donors (Lipinski definition) is 2. The summed E-state index contributed by atoms with van der Waals surface area (Å²) < 4.78 is 11.3. The number of hydrogen-bond acceptors (Lipinski definition) is 5. The molecule has 7 heteroatoms. The van der Waals surface area contributed by atoms with E-state index in [-0.39, 0.29) is 20.3 Å². The van der Waals surface area contributed by atoms with E-state index >= 15 is 0 Å². The van der Waals surface area contributed by atoms with E-state index in [1.54, 1.807) is 6.07 Å². The SMILES string of the molecule is CS(=O)c1sc(C(=O)O)c(N)c1C#N. The molecule has 14 heavy (non-hydrogen) atoms. The molecule has 0 aliphatic rings. The molecule has 3 N–H and O–H groups in total. The Labute approximate surface area is 86.2 Å². The molecule has 0 fully saturated rings. The molecule has 0 aliphatic heterocycles. The second kappa shape index (κ2) is 3.77. The molecule has 1 aromatic rings. The molecule has 1 atom stereocenters. The van der Waals surface area contributed by atoms with Crippen molar-refractivity contribution in [3.63, 3.8) is 0 Å². The molecule has 0 spiro atoms. The Morgan fingerprint density at radius 3 is 2.57 bits per heavy atom. The van der Waals surface area contributed by atoms with E-state index in [9.17, 15) is 9.00 Å². The number of nitrogens with two attached hydrogens (primary N) is 1. The van der Waals surface area contributed by atoms with Gasteiger partial charge in [0.2, 0.25) is 0 Å². The lowest BCUT2D eigenvalue weighted by Crippen LogP contribution is -1.98. The van der Waals surface area contributed by atoms with E-state index in [0.29, 0.717) is 0 Å². The maximum absolute atomic E-state index is 11.1. The second-order valence-corrected chi connectivity index (χ2v) is 4.97. The van der Waals surface area contributed by atoms with Crippen molar-refractivity contribution in [2.75, 3.05) is 12.0 Å². The Morgan fingerprint density at radius 2 is 2.29 bits per heavy atom. The van der Waals surface area contributed by atoms with Gasteiger partial charge in [-0.1, -0.05) is 0 Å². The number of carboxylic acid groups (broad SMARTS) is 1. The molecule has 0 bridgehead atoms. The Bertz CT molecular complexity index is 458. The van der Waals surface area contributed by atoms with Gasteiger partial charge in [-0.2, -0.15) is 5.26 Å². The number of carboxylic acids is 1. The molecule has 1 unspecified atom stereocenters. The van der Waals surface area contributed by atoms with Crippen LogP contribution < -0.4 is 5.73 Å². The van der Waals surface area contributed by atoms with Crippen molar-refractivity contribution in [2.45, 2.75) is 4.21 Å². The zero-order valence-corrected chi connectivity index (χ0v) is 8.74. The van der Waals surface area contributed by atoms with Crippen LogP contribution in [0.2, 0.25) is 0 Å². The van der Waals surface area contributed by atoms with Crippen LogP contribution >= 0.6 is 11.3 Å². The maximum Gasteiger partial charge on any atom is 0.348 e. The minimum atomic E-state index is -1.39. The third-order valence-electron chi connectivity index (χ3n) is 1.48. The van der Waals surface area contributed by atoms with Crippen LogP contribution in [0, 0.1) is 11.3 Å². The second-order valence-electron chi connectivity index (χ2n) is 2.38. The largest absolute Gasteiger partial charge is 0.477 e. The van der Waals surface area contributed by atoms with E-state index in [1.807, 2.05) is 0 Å². The van der Waals surface area contributed by atoms with Crippen molar-refractivity contribution in [3.8, 4) is 6.07 Å². The van der Waals surface area contributed by atoms with E-state index in [4.69, 9.17) is 16.1 Å². The van der Waals surface area contributed by atoms with Crippen LogP contribution in [0.4, 0.5) is 5.69 Å². The van der Waals surface area contributed by atoms with E-state index in [0.717, 1.165) is 11.3 Å². The summed E-state index contributed by atoms with van der Waals surface area (Å²) in [6.45, 7) is 0. The summed E-state index contributed by atoms with van der Waals surface area (Å²) in [5.74, 6) is -1.21. The summed E-state index contributed by atoms with van der Waals surface area (Å²) in [7, 11) is -1.39. The van der Waals surface area contributed by atoms with Gasteiger partial charge in [-0.05, 0) is 0 Å². The maximum atomic E-state index is 11.1. The molecule has 0 saturated carbocycles. The fourth-order valence-electron chi connectivity index (χ4n) is 0.889. The van der Waals surface area contributed by atoms with Crippen LogP contribution in [0.1, 0.15) is 15.2 Å². The highest BCUT2D eigenvalue weighted by atomic mass is 32.2. The third-order valence-corrected chi connectivity index (χ3v) is 4.15. The van der Waals surface area contributed by atoms with Gasteiger partial charge in [0.15, 0.2) is 0 Å². The zero-order valence-electron chi connectivity index (χ0n) is 7.10. The lowest BCUT2D eigenvalue weighted by molar-refractivity contribution is 0.0703. The van der Waals surface area contributed by atoms with Crippen molar-refractivity contribution in [3.05, 3.63) is 10.4 Å². The number of anilines is 1. The van der Waals surface area contributed by atoms with Crippen molar-refractivity contribution >= 4 is 33.8 Å². The quantitative estimate of drug-likeness (QED) is 0.775. The molecule has 0 saturated heterocycles. The van der Waals surface area contributed by atoms with E-state index in [2.05, 4.69) is 0 Å². The minimum absolute atomic E-state index is 0.00762. The Kier molecular flexibility index (Phi) is 2.88. The van der Waals surface area contributed by atoms with Crippen LogP contribution in [0.3, 0.4) is 0 Å². The summed E-state index contributed by atoms with van der Waals surface area (Å²) in [6.07, 6.45) is 1.37. The zero-order chi connectivity index (χ0) is 10.9. The number of aromatic carboxylic acids is 1. The highest BCUT2D eigenvalue weighted by Crippen LogP contribution is 2.32. The molecule has 1 heterocycles. The minimum Gasteiger partial charge on any atom is -0.477 e. The molecule has 0 aliphatic carbocycles. The lowest BCUT2D eigenvalue weighted by Gasteiger charge is -1.90. The molecule has 0 radical (unpaired) electrons. The molecule has 5 nitrogen and oxygen atoms in total. The first-order chi connectivity index (χ1) is 6.49. The normalized spacial score (nSPS) is 12.0. The first-order valence-corrected chi connectivity index (χ1v) is 5.75. The fraction of sp³-hybridized carbons (Fsp3) is 0.143. The number of nitrogen functional groups attached to an aromatic ring is 1. The van der Waals surface area contributed by atoms with Gasteiger partial charge < -0.3 is 10.8 Å². The molecule has 1 aromatic heterocycles. The molecular weight excluding hydrogens is 224 g/mol. The summed E-state index contributed by atoms with van der Waals surface area (Å²) in [5.41, 5.74) is 5.33. The van der Waals surface area contributed by atoms with Crippen molar-refractivity contribution in [1.29, 1.82) is 5.26 Å². The van der Waals surface area contributed by atoms with Crippen molar-refractivity contribution < 1.29 is 14.1 Å². The topological polar surface area (TPSA) is 104 Å². The number of carbonyl (C=O) groups is 1. The van der Waals surface area contributed by atoms with Gasteiger partial charge >= 0.3 is 5.97 Å². The highest BCUT2D eigenvalue weighted by Gasteiger charge is 2.22. The van der Waals surface area contributed by atoms with Gasteiger partial charge in [0.1, 0.15) is 20.7 Å². The third kappa shape index (κ3) is 1.62. The van der Waals surface area contributed by atoms with Gasteiger partial charge in [-0.25, -0.2) is 4.79 Å². The number of nitriles is 1. The predicted molar refractivity (Wildman–Crippen MR) is 52.7 cm³/mol. The first kappa shape index (κ1) is 10.7. The summed E-state index contributed by atoms with van der Waals surface area (Å²) in [6, 6.07) is 1.75. The fourth-order valence-corrected chi connectivity index (χ4v) is 2.79. The number of rotatable bonds is 2. The lowest BCUT2D eigenvalue weighted by atomic mass is 10.3. The van der Waals surface area contributed by atoms with Crippen LogP contribution in [-0.4, -0.2) is 21.5 Å². The molecule has 1 rings (SSSR count). The Morgan fingerprint density at radius 1 is 1.71 bits per heavy atom.